The van der Waals surface area contributed by atoms with Crippen molar-refractivity contribution in [2.24, 2.45) is 0 Å². The molecule has 1 atom stereocenters. The van der Waals surface area contributed by atoms with Gasteiger partial charge in [0.2, 0.25) is 5.75 Å². The number of anilines is 1. The van der Waals surface area contributed by atoms with Gasteiger partial charge in [-0.1, -0.05) is 0 Å². The molecule has 76 valence electrons. The highest BCUT2D eigenvalue weighted by Gasteiger charge is 2.19. The number of phenols is 1. The second-order valence-electron chi connectivity index (χ2n) is 2.39. The predicted molar refractivity (Wildman–Crippen MR) is 48.2 cm³/mol. The highest BCUT2D eigenvalue weighted by Crippen LogP contribution is 2.33. The fourth-order valence-corrected chi connectivity index (χ4v) is 1.29. The lowest BCUT2D eigenvalue weighted by Gasteiger charge is -2.01. The molecule has 0 spiro atoms. The van der Waals surface area contributed by atoms with Crippen LogP contribution in [0.1, 0.15) is 0 Å². The maximum Gasteiger partial charge on any atom is 0.314 e. The van der Waals surface area contributed by atoms with Crippen LogP contribution in [0.2, 0.25) is 0 Å². The van der Waals surface area contributed by atoms with Crippen LogP contribution in [0, 0.1) is 10.1 Å². The summed E-state index contributed by atoms with van der Waals surface area (Å²) in [4.78, 5) is 9.24. The van der Waals surface area contributed by atoms with Crippen LogP contribution >= 0.6 is 0 Å². The zero-order chi connectivity index (χ0) is 10.9. The van der Waals surface area contributed by atoms with E-state index in [1.54, 1.807) is 0 Å². The Morgan fingerprint density at radius 2 is 2.07 bits per heavy atom. The number of aromatic hydroxyl groups is 1. The van der Waals surface area contributed by atoms with Gasteiger partial charge < -0.3 is 15.4 Å². The molecule has 1 aromatic rings. The van der Waals surface area contributed by atoms with Crippen molar-refractivity contribution in [1.29, 1.82) is 0 Å². The molecule has 0 radical (unpaired) electrons. The third-order valence-corrected chi connectivity index (χ3v) is 2.13. The van der Waals surface area contributed by atoms with E-state index in [1.807, 2.05) is 0 Å². The highest BCUT2D eigenvalue weighted by atomic mass is 32.2. The smallest absolute Gasteiger partial charge is 0.314 e. The number of hydrogen-bond acceptors (Lipinski definition) is 5. The lowest BCUT2D eigenvalue weighted by Crippen LogP contribution is -1.97. The number of nitro groups is 1. The van der Waals surface area contributed by atoms with Gasteiger partial charge in [0.15, 0.2) is 11.1 Å². The molecule has 1 unspecified atom stereocenters. The van der Waals surface area contributed by atoms with Crippen LogP contribution in [0.4, 0.5) is 11.4 Å². The minimum absolute atomic E-state index is 0.230. The molecule has 0 aliphatic rings. The molecule has 0 aromatic heterocycles. The summed E-state index contributed by atoms with van der Waals surface area (Å²) in [7, 11) is 0. The SMILES string of the molecule is Nc1cc(S(=O)O)cc([N+](=O)[O-])c1O. The molecular formula is C6H6N2O5S. The molecule has 14 heavy (non-hydrogen) atoms. The van der Waals surface area contributed by atoms with E-state index in [1.165, 1.54) is 0 Å². The summed E-state index contributed by atoms with van der Waals surface area (Å²) in [6, 6.07) is 1.79. The van der Waals surface area contributed by atoms with Crippen LogP contribution < -0.4 is 5.73 Å². The predicted octanol–water partition coefficient (Wildman–Crippen LogP) is 0.463. The first-order chi connectivity index (χ1) is 6.43. The average molecular weight is 218 g/mol. The Bertz CT molecular complexity index is 419. The van der Waals surface area contributed by atoms with Crippen LogP contribution in [0.25, 0.3) is 0 Å². The summed E-state index contributed by atoms with van der Waals surface area (Å²) in [5.41, 5.74) is 4.20. The number of rotatable bonds is 2. The Morgan fingerprint density at radius 3 is 2.50 bits per heavy atom. The fraction of sp³-hybridized carbons (Fsp3) is 0. The third-order valence-electron chi connectivity index (χ3n) is 1.49. The van der Waals surface area contributed by atoms with E-state index in [0.29, 0.717) is 0 Å². The van der Waals surface area contributed by atoms with Crippen molar-refractivity contribution in [3.63, 3.8) is 0 Å². The van der Waals surface area contributed by atoms with Crippen molar-refractivity contribution >= 4 is 22.5 Å². The summed E-state index contributed by atoms with van der Waals surface area (Å²) in [5.74, 6) is -0.704. The van der Waals surface area contributed by atoms with Gasteiger partial charge in [-0.05, 0) is 6.07 Å². The van der Waals surface area contributed by atoms with Crippen LogP contribution in [0.3, 0.4) is 0 Å². The number of nitrogens with zero attached hydrogens (tertiary/aromatic N) is 1. The van der Waals surface area contributed by atoms with E-state index in [-0.39, 0.29) is 10.6 Å². The van der Waals surface area contributed by atoms with E-state index >= 15 is 0 Å². The zero-order valence-corrected chi connectivity index (χ0v) is 7.52. The largest absolute Gasteiger partial charge is 0.501 e. The van der Waals surface area contributed by atoms with Gasteiger partial charge >= 0.3 is 5.69 Å². The molecule has 1 rings (SSSR count). The number of nitro benzene ring substituents is 1. The van der Waals surface area contributed by atoms with Crippen molar-refractivity contribution < 1.29 is 18.8 Å². The van der Waals surface area contributed by atoms with Crippen molar-refractivity contribution in [2.75, 3.05) is 5.73 Å². The van der Waals surface area contributed by atoms with Crippen LogP contribution in [0.15, 0.2) is 17.0 Å². The van der Waals surface area contributed by atoms with Crippen LogP contribution in [-0.2, 0) is 11.1 Å². The number of phenolic OH excluding ortho intramolecular Hbond substituents is 1. The lowest BCUT2D eigenvalue weighted by molar-refractivity contribution is -0.386. The van der Waals surface area contributed by atoms with E-state index in [9.17, 15) is 14.3 Å². The van der Waals surface area contributed by atoms with Crippen molar-refractivity contribution in [1.82, 2.24) is 0 Å². The average Bonchev–Trinajstić information content (AvgIpc) is 2.08. The monoisotopic (exact) mass is 218 g/mol. The van der Waals surface area contributed by atoms with Gasteiger partial charge in [-0.25, -0.2) is 4.21 Å². The molecule has 0 fully saturated rings. The molecule has 0 saturated heterocycles. The first-order valence-corrected chi connectivity index (χ1v) is 4.42. The number of hydrogen-bond donors (Lipinski definition) is 3. The Labute approximate surface area is 80.6 Å². The van der Waals surface area contributed by atoms with Crippen molar-refractivity contribution in [3.05, 3.63) is 22.2 Å². The van der Waals surface area contributed by atoms with Gasteiger partial charge in [0.05, 0.1) is 15.5 Å². The summed E-state index contributed by atoms with van der Waals surface area (Å²) in [6.45, 7) is 0. The van der Waals surface area contributed by atoms with Crippen LogP contribution in [0.5, 0.6) is 5.75 Å². The fourth-order valence-electron chi connectivity index (χ4n) is 0.854. The molecule has 4 N–H and O–H groups in total. The standard InChI is InChI=1S/C6H6N2O5S/c7-4-1-3(14(12)13)2-5(6(4)9)8(10)11/h1-2,9H,7H2,(H,12,13). The Kier molecular flexibility index (Phi) is 2.68. The van der Waals surface area contributed by atoms with E-state index in [0.717, 1.165) is 12.1 Å². The normalized spacial score (nSPS) is 12.4. The summed E-state index contributed by atoms with van der Waals surface area (Å²) >= 11 is -2.37. The van der Waals surface area contributed by atoms with Crippen molar-refractivity contribution in [3.8, 4) is 5.75 Å². The molecule has 0 aliphatic heterocycles. The molecule has 0 saturated carbocycles. The van der Waals surface area contributed by atoms with Crippen LogP contribution in [-0.4, -0.2) is 18.8 Å². The quantitative estimate of drug-likeness (QED) is 0.217. The van der Waals surface area contributed by atoms with Crippen molar-refractivity contribution in [2.45, 2.75) is 4.90 Å². The molecule has 7 nitrogen and oxygen atoms in total. The molecule has 0 heterocycles. The van der Waals surface area contributed by atoms with E-state index in [2.05, 4.69) is 0 Å². The number of nitrogen functional groups attached to an aromatic ring is 1. The minimum atomic E-state index is -2.37. The molecule has 0 bridgehead atoms. The maximum absolute atomic E-state index is 10.6. The highest BCUT2D eigenvalue weighted by molar-refractivity contribution is 7.79. The van der Waals surface area contributed by atoms with Gasteiger partial charge in [-0.15, -0.1) is 0 Å². The lowest BCUT2D eigenvalue weighted by atomic mass is 10.2. The topological polar surface area (TPSA) is 127 Å². The van der Waals surface area contributed by atoms with Gasteiger partial charge in [-0.2, -0.15) is 0 Å². The van der Waals surface area contributed by atoms with E-state index in [4.69, 9.17) is 15.4 Å². The first kappa shape index (κ1) is 10.4. The maximum atomic E-state index is 10.6. The summed E-state index contributed by atoms with van der Waals surface area (Å²) in [6.07, 6.45) is 0. The molecule has 1 aromatic carbocycles. The molecule has 0 aliphatic carbocycles. The number of nitrogens with two attached hydrogens (primary N) is 1. The molecule has 8 heteroatoms. The Balaban J connectivity index is 3.43. The number of benzene rings is 1. The minimum Gasteiger partial charge on any atom is -0.501 e. The first-order valence-electron chi connectivity index (χ1n) is 3.31. The van der Waals surface area contributed by atoms with Gasteiger partial charge in [-0.3, -0.25) is 10.1 Å². The second-order valence-corrected chi connectivity index (χ2v) is 3.36. The molecular weight excluding hydrogens is 212 g/mol. The van der Waals surface area contributed by atoms with Gasteiger partial charge in [0.1, 0.15) is 0 Å². The Morgan fingerprint density at radius 1 is 1.50 bits per heavy atom. The van der Waals surface area contributed by atoms with Gasteiger partial charge in [0, 0.05) is 6.07 Å². The second kappa shape index (κ2) is 3.60. The zero-order valence-electron chi connectivity index (χ0n) is 6.71. The summed E-state index contributed by atoms with van der Waals surface area (Å²) in [5, 5.41) is 19.5. The molecule has 0 amide bonds. The van der Waals surface area contributed by atoms with E-state index < -0.39 is 27.4 Å². The van der Waals surface area contributed by atoms with Gasteiger partial charge in [0.25, 0.3) is 0 Å². The summed E-state index contributed by atoms with van der Waals surface area (Å²) < 4.78 is 19.2. The third kappa shape index (κ3) is 1.80. The Hall–Kier alpha value is -1.67.